The summed E-state index contributed by atoms with van der Waals surface area (Å²) in [5.41, 5.74) is 8.95. The molecule has 1 amide bonds. The Bertz CT molecular complexity index is 1430. The SMILES string of the molecule is C[C@@]1(O)[C@H](O)[C@@H](COP(=O)(O)OP(=O)(O)OP(=O)(O)O)O[C@H]1n1cc(C#CC(N)=O)c2c(N)ncnc21. The highest BCUT2D eigenvalue weighted by Crippen LogP contribution is 2.66. The first-order valence-electron chi connectivity index (χ1n) is 9.60. The van der Waals surface area contributed by atoms with E-state index in [9.17, 15) is 38.5 Å². The number of phosphoric ester groups is 1. The highest BCUT2D eigenvalue weighted by molar-refractivity contribution is 7.66. The van der Waals surface area contributed by atoms with Crippen LogP contribution in [0.15, 0.2) is 12.5 Å². The van der Waals surface area contributed by atoms with Crippen LogP contribution in [0.4, 0.5) is 5.82 Å². The number of amides is 1. The minimum Gasteiger partial charge on any atom is -0.387 e. The highest BCUT2D eigenvalue weighted by Gasteiger charge is 2.54. The van der Waals surface area contributed by atoms with Crippen LogP contribution >= 0.6 is 23.5 Å². The monoisotopic (exact) mass is 587 g/mol. The van der Waals surface area contributed by atoms with E-state index >= 15 is 0 Å². The Hall–Kier alpha value is -2.26. The van der Waals surface area contributed by atoms with Crippen LogP contribution in [0.5, 0.6) is 0 Å². The molecular formula is C15H20N5O14P3. The molecule has 0 aliphatic carbocycles. The van der Waals surface area contributed by atoms with Gasteiger partial charge in [-0.05, 0) is 6.92 Å². The summed E-state index contributed by atoms with van der Waals surface area (Å²) in [6.07, 6.45) is -2.53. The second kappa shape index (κ2) is 10.1. The van der Waals surface area contributed by atoms with E-state index in [-0.39, 0.29) is 22.4 Å². The van der Waals surface area contributed by atoms with Crippen molar-refractivity contribution in [2.24, 2.45) is 5.73 Å². The number of carbonyl (C=O) groups excluding carboxylic acids is 1. The molecule has 2 aromatic heterocycles. The highest BCUT2D eigenvalue weighted by atomic mass is 31.3. The molecule has 1 saturated heterocycles. The average molecular weight is 587 g/mol. The number of hydrogen-bond donors (Lipinski definition) is 8. The van der Waals surface area contributed by atoms with Gasteiger partial charge < -0.3 is 50.6 Å². The third-order valence-electron chi connectivity index (χ3n) is 4.78. The van der Waals surface area contributed by atoms with Crippen molar-refractivity contribution in [3.05, 3.63) is 18.1 Å². The van der Waals surface area contributed by atoms with Crippen LogP contribution in [0, 0.1) is 11.8 Å². The van der Waals surface area contributed by atoms with Gasteiger partial charge in [0.05, 0.1) is 17.6 Å². The molecule has 0 radical (unpaired) electrons. The van der Waals surface area contributed by atoms with Crippen LogP contribution in [0.1, 0.15) is 18.7 Å². The number of hydrogen-bond acceptors (Lipinski definition) is 13. The Balaban J connectivity index is 1.87. The summed E-state index contributed by atoms with van der Waals surface area (Å²) in [4.78, 5) is 55.0. The summed E-state index contributed by atoms with van der Waals surface area (Å²) in [5, 5.41) is 21.7. The van der Waals surface area contributed by atoms with Gasteiger partial charge in [0.2, 0.25) is 0 Å². The van der Waals surface area contributed by atoms with Gasteiger partial charge in [0.25, 0.3) is 5.91 Å². The number of carbonyl (C=O) groups is 1. The molecule has 0 bridgehead atoms. The Labute approximate surface area is 206 Å². The van der Waals surface area contributed by atoms with Crippen LogP contribution in [0.2, 0.25) is 0 Å². The van der Waals surface area contributed by atoms with E-state index < -0.39 is 60.0 Å². The van der Waals surface area contributed by atoms with Crippen molar-refractivity contribution in [3.63, 3.8) is 0 Å². The van der Waals surface area contributed by atoms with E-state index in [1.165, 1.54) is 10.8 Å². The molecule has 0 saturated carbocycles. The van der Waals surface area contributed by atoms with Crippen molar-refractivity contribution in [1.82, 2.24) is 14.5 Å². The molecule has 1 aliphatic rings. The minimum atomic E-state index is -5.77. The molecule has 1 aliphatic heterocycles. The molecule has 3 rings (SSSR count). The lowest BCUT2D eigenvalue weighted by molar-refractivity contribution is -0.112. The van der Waals surface area contributed by atoms with E-state index in [4.69, 9.17) is 26.0 Å². The number of ether oxygens (including phenoxy) is 1. The molecule has 37 heavy (non-hydrogen) atoms. The van der Waals surface area contributed by atoms with Crippen molar-refractivity contribution in [2.45, 2.75) is 31.0 Å². The summed E-state index contributed by atoms with van der Waals surface area (Å²) >= 11 is 0. The van der Waals surface area contributed by atoms with Crippen LogP contribution in [0.25, 0.3) is 11.0 Å². The van der Waals surface area contributed by atoms with Crippen LogP contribution in [-0.2, 0) is 36.4 Å². The van der Waals surface area contributed by atoms with E-state index in [0.717, 1.165) is 13.3 Å². The maximum atomic E-state index is 12.0. The summed E-state index contributed by atoms with van der Waals surface area (Å²) in [7, 11) is -16.9. The number of aromatic nitrogens is 3. The number of anilines is 1. The number of aliphatic hydroxyl groups is 2. The number of nitrogens with two attached hydrogens (primary N) is 2. The molecule has 22 heteroatoms. The second-order valence-corrected chi connectivity index (χ2v) is 12.0. The van der Waals surface area contributed by atoms with E-state index in [0.29, 0.717) is 0 Å². The van der Waals surface area contributed by atoms with Crippen LogP contribution < -0.4 is 11.5 Å². The molecule has 0 aromatic carbocycles. The fourth-order valence-corrected chi connectivity index (χ4v) is 6.39. The summed E-state index contributed by atoms with van der Waals surface area (Å²) in [6, 6.07) is 0. The number of nitrogen functional groups attached to an aromatic ring is 1. The normalized spacial score (nSPS) is 27.3. The first kappa shape index (κ1) is 29.3. The summed E-state index contributed by atoms with van der Waals surface area (Å²) < 4.78 is 52.6. The summed E-state index contributed by atoms with van der Waals surface area (Å²) in [6.45, 7) is 0.0977. The van der Waals surface area contributed by atoms with E-state index in [1.807, 2.05) is 0 Å². The zero-order valence-corrected chi connectivity index (χ0v) is 21.1. The van der Waals surface area contributed by atoms with Crippen LogP contribution in [-0.4, -0.2) is 74.6 Å². The smallest absolute Gasteiger partial charge is 0.387 e. The summed E-state index contributed by atoms with van der Waals surface area (Å²) in [5.74, 6) is 3.57. The number of aliphatic hydroxyl groups excluding tert-OH is 1. The second-order valence-electron chi connectivity index (χ2n) is 7.61. The molecule has 19 nitrogen and oxygen atoms in total. The third kappa shape index (κ3) is 6.79. The molecule has 1 fully saturated rings. The Kier molecular flexibility index (Phi) is 8.02. The lowest BCUT2D eigenvalue weighted by Gasteiger charge is -2.27. The lowest BCUT2D eigenvalue weighted by Crippen LogP contribution is -2.44. The number of phosphoric acid groups is 3. The van der Waals surface area contributed by atoms with Gasteiger partial charge in [0.1, 0.15) is 35.6 Å². The Morgan fingerprint density at radius 2 is 1.86 bits per heavy atom. The largest absolute Gasteiger partial charge is 0.490 e. The zero-order valence-electron chi connectivity index (χ0n) is 18.4. The van der Waals surface area contributed by atoms with Gasteiger partial charge in [-0.3, -0.25) is 9.32 Å². The molecular weight excluding hydrogens is 567 g/mol. The van der Waals surface area contributed by atoms with Gasteiger partial charge in [-0.1, -0.05) is 5.92 Å². The Morgan fingerprint density at radius 3 is 2.46 bits per heavy atom. The number of nitrogens with zero attached hydrogens (tertiary/aromatic N) is 3. The molecule has 204 valence electrons. The lowest BCUT2D eigenvalue weighted by atomic mass is 9.96. The fraction of sp³-hybridized carbons (Fsp3) is 0.400. The minimum absolute atomic E-state index is 0.0484. The number of primary amides is 1. The van der Waals surface area contributed by atoms with Gasteiger partial charge in [-0.25, -0.2) is 23.7 Å². The molecule has 6 atom stereocenters. The maximum Gasteiger partial charge on any atom is 0.490 e. The topological polar surface area (TPSA) is 309 Å². The van der Waals surface area contributed by atoms with Gasteiger partial charge >= 0.3 is 23.5 Å². The first-order chi connectivity index (χ1) is 16.8. The predicted octanol–water partition coefficient (Wildman–Crippen LogP) is -1.80. The number of rotatable bonds is 8. The predicted molar refractivity (Wildman–Crippen MR) is 118 cm³/mol. The quantitative estimate of drug-likeness (QED) is 0.125. The molecule has 2 unspecified atom stereocenters. The van der Waals surface area contributed by atoms with Crippen molar-refractivity contribution < 1.29 is 66.2 Å². The van der Waals surface area contributed by atoms with Crippen molar-refractivity contribution in [1.29, 1.82) is 0 Å². The van der Waals surface area contributed by atoms with Crippen LogP contribution in [0.3, 0.4) is 0 Å². The molecule has 3 heterocycles. The zero-order chi connectivity index (χ0) is 28.0. The standard InChI is InChI=1S/C15H20N5O14P3/c1-15(23)11(22)8(5-31-36(27,28)34-37(29,30)33-35(24,25)26)32-14(15)20-4-7(2-3-9(16)21)10-12(17)18-6-19-13(10)20/h4,6,8,11,14,22-23H,5H2,1H3,(H2,16,21)(H,27,28)(H,29,30)(H2,17,18,19)(H2,24,25,26)/t8-,11-,14-,15-/m1/s1. The van der Waals surface area contributed by atoms with Gasteiger partial charge in [0, 0.05) is 12.1 Å². The molecule has 2 aromatic rings. The first-order valence-corrected chi connectivity index (χ1v) is 14.1. The molecule has 10 N–H and O–H groups in total. The fourth-order valence-electron chi connectivity index (χ4n) is 3.36. The van der Waals surface area contributed by atoms with E-state index in [2.05, 4.69) is 35.0 Å². The van der Waals surface area contributed by atoms with Gasteiger partial charge in [-0.15, -0.1) is 0 Å². The third-order valence-corrected chi connectivity index (χ3v) is 8.59. The maximum absolute atomic E-state index is 12.0. The Morgan fingerprint density at radius 1 is 1.22 bits per heavy atom. The van der Waals surface area contributed by atoms with Crippen molar-refractivity contribution in [3.8, 4) is 11.8 Å². The molecule has 0 spiro atoms. The van der Waals surface area contributed by atoms with Crippen molar-refractivity contribution >= 4 is 46.2 Å². The average Bonchev–Trinajstić information content (AvgIpc) is 3.18. The van der Waals surface area contributed by atoms with E-state index in [1.54, 1.807) is 0 Å². The number of fused-ring (bicyclic) bond motifs is 1. The van der Waals surface area contributed by atoms with Crippen molar-refractivity contribution in [2.75, 3.05) is 12.3 Å². The van der Waals surface area contributed by atoms with Gasteiger partial charge in [0.15, 0.2) is 6.23 Å². The van der Waals surface area contributed by atoms with Gasteiger partial charge in [-0.2, -0.15) is 8.62 Å².